The molecule has 0 aromatic carbocycles. The molecule has 3 fully saturated rings. The quantitative estimate of drug-likeness (QED) is 0.770. The van der Waals surface area contributed by atoms with Gasteiger partial charge in [0, 0.05) is 38.0 Å². The molecule has 5 heteroatoms. The van der Waals surface area contributed by atoms with Crippen molar-refractivity contribution in [3.63, 3.8) is 0 Å². The molecule has 2 aliphatic carbocycles. The molecule has 2 saturated carbocycles. The fraction of sp³-hybridized carbons (Fsp3) is 0.737. The first kappa shape index (κ1) is 16.2. The second-order valence-electron chi connectivity index (χ2n) is 7.57. The maximum atomic E-state index is 12.4. The number of furan rings is 1. The Morgan fingerprint density at radius 1 is 1.29 bits per heavy atom. The molecule has 3 aliphatic rings. The molecule has 0 bridgehead atoms. The number of hydrogen-bond acceptors (Lipinski definition) is 4. The van der Waals surface area contributed by atoms with Crippen LogP contribution < -0.4 is 0 Å². The van der Waals surface area contributed by atoms with E-state index < -0.39 is 0 Å². The summed E-state index contributed by atoms with van der Waals surface area (Å²) in [5, 5.41) is 0. The summed E-state index contributed by atoms with van der Waals surface area (Å²) >= 11 is 0. The van der Waals surface area contributed by atoms with Crippen LogP contribution in [0.3, 0.4) is 0 Å². The first-order valence-electron chi connectivity index (χ1n) is 9.39. The lowest BCUT2D eigenvalue weighted by atomic mass is 10.2. The Labute approximate surface area is 143 Å². The van der Waals surface area contributed by atoms with Crippen LogP contribution in [0.4, 0.5) is 0 Å². The highest BCUT2D eigenvalue weighted by atomic mass is 16.5. The number of hydrogen-bond donors (Lipinski definition) is 0. The van der Waals surface area contributed by atoms with Crippen molar-refractivity contribution in [2.75, 3.05) is 32.8 Å². The summed E-state index contributed by atoms with van der Waals surface area (Å²) in [5.74, 6) is 3.87. The summed E-state index contributed by atoms with van der Waals surface area (Å²) in [6.07, 6.45) is 4.36. The Hall–Kier alpha value is -1.33. The van der Waals surface area contributed by atoms with E-state index in [2.05, 4.69) is 24.0 Å². The number of carbonyl (C=O) groups is 1. The monoisotopic (exact) mass is 332 g/mol. The second kappa shape index (κ2) is 6.89. The predicted octanol–water partition coefficient (Wildman–Crippen LogP) is 2.62. The summed E-state index contributed by atoms with van der Waals surface area (Å²) in [6.45, 7) is 6.77. The van der Waals surface area contributed by atoms with Crippen molar-refractivity contribution in [1.82, 2.24) is 9.80 Å². The molecule has 2 unspecified atom stereocenters. The topological polar surface area (TPSA) is 45.9 Å². The average molecular weight is 332 g/mol. The molecule has 132 valence electrons. The summed E-state index contributed by atoms with van der Waals surface area (Å²) in [7, 11) is 0. The molecule has 0 spiro atoms. The molecule has 1 aliphatic heterocycles. The number of morpholine rings is 1. The van der Waals surface area contributed by atoms with Crippen LogP contribution in [0.1, 0.15) is 50.0 Å². The van der Waals surface area contributed by atoms with Gasteiger partial charge in [0.25, 0.3) is 0 Å². The van der Waals surface area contributed by atoms with Gasteiger partial charge in [0.05, 0.1) is 19.8 Å². The first-order chi connectivity index (χ1) is 11.7. The van der Waals surface area contributed by atoms with Crippen molar-refractivity contribution < 1.29 is 13.9 Å². The first-order valence-corrected chi connectivity index (χ1v) is 9.39. The average Bonchev–Trinajstić information content (AvgIpc) is 3.52. The van der Waals surface area contributed by atoms with Gasteiger partial charge in [-0.1, -0.05) is 6.92 Å². The third kappa shape index (κ3) is 3.83. The Morgan fingerprint density at radius 3 is 2.71 bits per heavy atom. The number of amides is 1. The van der Waals surface area contributed by atoms with E-state index in [0.717, 1.165) is 43.6 Å². The molecule has 0 radical (unpaired) electrons. The normalized spacial score (nSPS) is 26.8. The van der Waals surface area contributed by atoms with Crippen LogP contribution in [-0.2, 0) is 16.1 Å². The largest absolute Gasteiger partial charge is 0.464 e. The van der Waals surface area contributed by atoms with Gasteiger partial charge in [-0.05, 0) is 37.3 Å². The third-order valence-corrected chi connectivity index (χ3v) is 5.56. The predicted molar refractivity (Wildman–Crippen MR) is 90.7 cm³/mol. The van der Waals surface area contributed by atoms with E-state index >= 15 is 0 Å². The lowest BCUT2D eigenvalue weighted by Gasteiger charge is -2.28. The van der Waals surface area contributed by atoms with Gasteiger partial charge in [-0.25, -0.2) is 0 Å². The Bertz CT molecular complexity index is 575. The van der Waals surface area contributed by atoms with E-state index in [1.807, 2.05) is 4.90 Å². The van der Waals surface area contributed by atoms with Crippen LogP contribution in [0.15, 0.2) is 16.5 Å². The molecule has 4 rings (SSSR count). The van der Waals surface area contributed by atoms with Crippen LogP contribution >= 0.6 is 0 Å². The van der Waals surface area contributed by atoms with Gasteiger partial charge in [0.15, 0.2) is 0 Å². The molecule has 1 aromatic rings. The van der Waals surface area contributed by atoms with E-state index in [1.165, 1.54) is 19.3 Å². The van der Waals surface area contributed by atoms with Crippen LogP contribution in [-0.4, -0.2) is 54.6 Å². The van der Waals surface area contributed by atoms with Crippen molar-refractivity contribution in [2.24, 2.45) is 5.92 Å². The zero-order valence-electron chi connectivity index (χ0n) is 14.6. The lowest BCUT2D eigenvalue weighted by molar-refractivity contribution is -0.135. The van der Waals surface area contributed by atoms with E-state index in [0.29, 0.717) is 31.6 Å². The zero-order valence-corrected chi connectivity index (χ0v) is 14.6. The van der Waals surface area contributed by atoms with E-state index in [9.17, 15) is 4.79 Å². The van der Waals surface area contributed by atoms with E-state index in [4.69, 9.17) is 9.15 Å². The fourth-order valence-corrected chi connectivity index (χ4v) is 3.64. The van der Waals surface area contributed by atoms with Gasteiger partial charge in [-0.15, -0.1) is 0 Å². The molecule has 0 N–H and O–H groups in total. The Kier molecular flexibility index (Phi) is 4.63. The molecular formula is C19H28N2O3. The number of rotatable bonds is 7. The SMILES string of the molecule is CC1CC1c1ccc(CN(CCC(=O)N2CCOCC2)C2CC2)o1. The van der Waals surface area contributed by atoms with Gasteiger partial charge in [-0.3, -0.25) is 9.69 Å². The maximum absolute atomic E-state index is 12.4. The Morgan fingerprint density at radius 2 is 2.04 bits per heavy atom. The minimum Gasteiger partial charge on any atom is -0.464 e. The number of ether oxygens (including phenoxy) is 1. The molecule has 2 atom stereocenters. The molecular weight excluding hydrogens is 304 g/mol. The Balaban J connectivity index is 1.29. The van der Waals surface area contributed by atoms with Gasteiger partial charge in [-0.2, -0.15) is 0 Å². The van der Waals surface area contributed by atoms with Crippen molar-refractivity contribution in [2.45, 2.75) is 51.1 Å². The third-order valence-electron chi connectivity index (χ3n) is 5.56. The molecule has 1 aromatic heterocycles. The van der Waals surface area contributed by atoms with E-state index in [-0.39, 0.29) is 5.91 Å². The van der Waals surface area contributed by atoms with Crippen molar-refractivity contribution in [3.8, 4) is 0 Å². The minimum atomic E-state index is 0.260. The highest BCUT2D eigenvalue weighted by molar-refractivity contribution is 5.76. The van der Waals surface area contributed by atoms with Gasteiger partial charge in [0.2, 0.25) is 5.91 Å². The van der Waals surface area contributed by atoms with Crippen LogP contribution in [0, 0.1) is 5.92 Å². The van der Waals surface area contributed by atoms with Crippen LogP contribution in [0.5, 0.6) is 0 Å². The van der Waals surface area contributed by atoms with E-state index in [1.54, 1.807) is 0 Å². The number of nitrogens with zero attached hydrogens (tertiary/aromatic N) is 2. The van der Waals surface area contributed by atoms with Crippen molar-refractivity contribution in [1.29, 1.82) is 0 Å². The molecule has 5 nitrogen and oxygen atoms in total. The van der Waals surface area contributed by atoms with Crippen molar-refractivity contribution in [3.05, 3.63) is 23.7 Å². The lowest BCUT2D eigenvalue weighted by Crippen LogP contribution is -2.42. The molecule has 2 heterocycles. The highest BCUT2D eigenvalue weighted by Crippen LogP contribution is 2.47. The summed E-state index contributed by atoms with van der Waals surface area (Å²) in [5.41, 5.74) is 0. The molecule has 1 amide bonds. The van der Waals surface area contributed by atoms with Crippen LogP contribution in [0.25, 0.3) is 0 Å². The van der Waals surface area contributed by atoms with Gasteiger partial charge >= 0.3 is 0 Å². The standard InChI is InChI=1S/C19H28N2O3/c1-14-12-17(14)18-5-4-16(24-18)13-21(15-2-3-15)7-6-19(22)20-8-10-23-11-9-20/h4-5,14-15,17H,2-3,6-13H2,1H3. The smallest absolute Gasteiger partial charge is 0.224 e. The van der Waals surface area contributed by atoms with Gasteiger partial charge in [0.1, 0.15) is 11.5 Å². The summed E-state index contributed by atoms with van der Waals surface area (Å²) < 4.78 is 11.4. The zero-order chi connectivity index (χ0) is 16.5. The fourth-order valence-electron chi connectivity index (χ4n) is 3.64. The minimum absolute atomic E-state index is 0.260. The summed E-state index contributed by atoms with van der Waals surface area (Å²) in [4.78, 5) is 16.7. The maximum Gasteiger partial charge on any atom is 0.224 e. The van der Waals surface area contributed by atoms with Crippen LogP contribution in [0.2, 0.25) is 0 Å². The second-order valence-corrected chi connectivity index (χ2v) is 7.57. The van der Waals surface area contributed by atoms with Crippen molar-refractivity contribution >= 4 is 5.91 Å². The van der Waals surface area contributed by atoms with Gasteiger partial charge < -0.3 is 14.1 Å². The molecule has 1 saturated heterocycles. The number of carbonyl (C=O) groups excluding carboxylic acids is 1. The highest BCUT2D eigenvalue weighted by Gasteiger charge is 2.37. The molecule has 24 heavy (non-hydrogen) atoms. The summed E-state index contributed by atoms with van der Waals surface area (Å²) in [6, 6.07) is 4.91.